The summed E-state index contributed by atoms with van der Waals surface area (Å²) in [5.74, 6) is 2.53. The molecule has 0 spiro atoms. The van der Waals surface area contributed by atoms with Crippen LogP contribution in [0.3, 0.4) is 0 Å². The van der Waals surface area contributed by atoms with Crippen molar-refractivity contribution in [2.24, 2.45) is 10.9 Å². The molecule has 0 radical (unpaired) electrons. The number of ether oxygens (including phenoxy) is 1. The highest BCUT2D eigenvalue weighted by atomic mass is 127. The lowest BCUT2D eigenvalue weighted by Crippen LogP contribution is -2.42. The van der Waals surface area contributed by atoms with E-state index in [1.54, 1.807) is 7.11 Å². The van der Waals surface area contributed by atoms with Crippen LogP contribution < -0.4 is 15.4 Å². The van der Waals surface area contributed by atoms with Crippen LogP contribution in [-0.4, -0.2) is 56.7 Å². The van der Waals surface area contributed by atoms with Crippen molar-refractivity contribution < 1.29 is 4.74 Å². The van der Waals surface area contributed by atoms with Gasteiger partial charge in [-0.3, -0.25) is 4.99 Å². The number of guanidine groups is 1. The van der Waals surface area contributed by atoms with Gasteiger partial charge in [0.05, 0.1) is 7.11 Å². The molecule has 1 unspecified atom stereocenters. The molecule has 0 aliphatic carbocycles. The molecular weight excluding hydrogens is 451 g/mol. The van der Waals surface area contributed by atoms with Crippen molar-refractivity contribution >= 4 is 29.9 Å². The summed E-state index contributed by atoms with van der Waals surface area (Å²) >= 11 is 0. The van der Waals surface area contributed by atoms with E-state index in [1.165, 1.54) is 31.5 Å². The van der Waals surface area contributed by atoms with Crippen molar-refractivity contribution in [1.29, 1.82) is 0 Å². The minimum atomic E-state index is 0. The molecule has 6 heteroatoms. The van der Waals surface area contributed by atoms with Crippen LogP contribution in [0.4, 0.5) is 0 Å². The number of para-hydroxylation sites is 1. The number of methoxy groups -OCH3 is 1. The molecule has 1 heterocycles. The topological polar surface area (TPSA) is 48.9 Å². The van der Waals surface area contributed by atoms with Gasteiger partial charge in [0.15, 0.2) is 5.96 Å². The van der Waals surface area contributed by atoms with E-state index in [1.807, 2.05) is 12.1 Å². The molecule has 1 saturated heterocycles. The first-order valence-corrected chi connectivity index (χ1v) is 10.0. The van der Waals surface area contributed by atoms with Gasteiger partial charge in [-0.1, -0.05) is 18.2 Å². The zero-order chi connectivity index (χ0) is 18.8. The number of nitrogens with zero attached hydrogens (tertiary/aromatic N) is 2. The largest absolute Gasteiger partial charge is 0.496 e. The number of likely N-dealkylation sites (tertiary alicyclic amines) is 1. The summed E-state index contributed by atoms with van der Waals surface area (Å²) < 4.78 is 5.43. The van der Waals surface area contributed by atoms with Gasteiger partial charge in [-0.25, -0.2) is 0 Å². The van der Waals surface area contributed by atoms with E-state index in [0.29, 0.717) is 12.0 Å². The SMILES string of the molecule is CCNC(=NCC1CCCN(C(C)C)C1)NCCc1ccccc1OC.I. The van der Waals surface area contributed by atoms with Crippen molar-refractivity contribution in [1.82, 2.24) is 15.5 Å². The van der Waals surface area contributed by atoms with Crippen LogP contribution in [0.15, 0.2) is 29.3 Å². The Hall–Kier alpha value is -1.02. The molecule has 0 amide bonds. The first-order valence-electron chi connectivity index (χ1n) is 10.0. The van der Waals surface area contributed by atoms with Gasteiger partial charge in [0.1, 0.15) is 5.75 Å². The highest BCUT2D eigenvalue weighted by molar-refractivity contribution is 14.0. The number of piperidine rings is 1. The molecule has 1 aromatic rings. The predicted molar refractivity (Wildman–Crippen MR) is 126 cm³/mol. The first kappa shape index (κ1) is 24.0. The maximum atomic E-state index is 5.43. The van der Waals surface area contributed by atoms with Gasteiger partial charge in [0.2, 0.25) is 0 Å². The van der Waals surface area contributed by atoms with E-state index in [2.05, 4.69) is 48.4 Å². The lowest BCUT2D eigenvalue weighted by molar-refractivity contribution is 0.143. The molecule has 1 fully saturated rings. The van der Waals surface area contributed by atoms with E-state index >= 15 is 0 Å². The van der Waals surface area contributed by atoms with Crippen LogP contribution in [0.2, 0.25) is 0 Å². The number of aliphatic imine (C=N–C) groups is 1. The summed E-state index contributed by atoms with van der Waals surface area (Å²) in [5.41, 5.74) is 1.22. The zero-order valence-corrected chi connectivity index (χ0v) is 19.7. The Morgan fingerprint density at radius 1 is 1.30 bits per heavy atom. The van der Waals surface area contributed by atoms with Crippen molar-refractivity contribution in [3.05, 3.63) is 29.8 Å². The average Bonchev–Trinajstić information content (AvgIpc) is 2.66. The van der Waals surface area contributed by atoms with E-state index < -0.39 is 0 Å². The number of nitrogens with one attached hydrogen (secondary N) is 2. The molecule has 2 N–H and O–H groups in total. The van der Waals surface area contributed by atoms with E-state index in [9.17, 15) is 0 Å². The van der Waals surface area contributed by atoms with Gasteiger partial charge in [0.25, 0.3) is 0 Å². The molecule has 1 aliphatic heterocycles. The third-order valence-electron chi connectivity index (χ3n) is 5.01. The second-order valence-corrected chi connectivity index (χ2v) is 7.31. The van der Waals surface area contributed by atoms with Gasteiger partial charge < -0.3 is 20.3 Å². The Balaban J connectivity index is 0.00000364. The molecule has 0 saturated carbocycles. The van der Waals surface area contributed by atoms with Crippen molar-refractivity contribution in [3.63, 3.8) is 0 Å². The number of halogens is 1. The second kappa shape index (κ2) is 13.2. The maximum Gasteiger partial charge on any atom is 0.191 e. The van der Waals surface area contributed by atoms with Gasteiger partial charge in [0, 0.05) is 32.2 Å². The number of rotatable bonds is 8. The summed E-state index contributed by atoms with van der Waals surface area (Å²) in [7, 11) is 1.72. The van der Waals surface area contributed by atoms with Crippen LogP contribution in [0.5, 0.6) is 5.75 Å². The quantitative estimate of drug-likeness (QED) is 0.334. The highest BCUT2D eigenvalue weighted by Gasteiger charge is 2.21. The molecule has 1 aliphatic rings. The molecule has 1 aromatic carbocycles. The fourth-order valence-corrected chi connectivity index (χ4v) is 3.50. The van der Waals surface area contributed by atoms with Crippen molar-refractivity contribution in [2.45, 2.75) is 46.1 Å². The smallest absolute Gasteiger partial charge is 0.191 e. The monoisotopic (exact) mass is 488 g/mol. The van der Waals surface area contributed by atoms with Crippen LogP contribution in [0, 0.1) is 5.92 Å². The number of hydrogen-bond acceptors (Lipinski definition) is 3. The Bertz CT molecular complexity index is 565. The Labute approximate surface area is 182 Å². The molecule has 2 rings (SSSR count). The van der Waals surface area contributed by atoms with Crippen LogP contribution in [0.1, 0.15) is 39.2 Å². The number of hydrogen-bond donors (Lipinski definition) is 2. The Morgan fingerprint density at radius 2 is 2.07 bits per heavy atom. The summed E-state index contributed by atoms with van der Waals surface area (Å²) in [5, 5.41) is 6.83. The summed E-state index contributed by atoms with van der Waals surface area (Å²) in [6.45, 7) is 11.7. The van der Waals surface area contributed by atoms with E-state index in [4.69, 9.17) is 9.73 Å². The fraction of sp³-hybridized carbons (Fsp3) is 0.667. The molecule has 5 nitrogen and oxygen atoms in total. The lowest BCUT2D eigenvalue weighted by atomic mass is 9.97. The second-order valence-electron chi connectivity index (χ2n) is 7.31. The molecule has 1 atom stereocenters. The van der Waals surface area contributed by atoms with Crippen LogP contribution in [-0.2, 0) is 6.42 Å². The Morgan fingerprint density at radius 3 is 2.78 bits per heavy atom. The van der Waals surface area contributed by atoms with Gasteiger partial charge in [-0.15, -0.1) is 24.0 Å². The number of benzene rings is 1. The van der Waals surface area contributed by atoms with Crippen LogP contribution in [0.25, 0.3) is 0 Å². The van der Waals surface area contributed by atoms with E-state index in [-0.39, 0.29) is 24.0 Å². The molecular formula is C21H37IN4O. The van der Waals surface area contributed by atoms with Crippen LogP contribution >= 0.6 is 24.0 Å². The predicted octanol–water partition coefficient (Wildman–Crippen LogP) is 3.53. The first-order chi connectivity index (χ1) is 12.6. The maximum absolute atomic E-state index is 5.43. The van der Waals surface area contributed by atoms with Gasteiger partial charge >= 0.3 is 0 Å². The highest BCUT2D eigenvalue weighted by Crippen LogP contribution is 2.19. The molecule has 0 bridgehead atoms. The minimum Gasteiger partial charge on any atom is -0.496 e. The third kappa shape index (κ3) is 8.25. The normalized spacial score (nSPS) is 18.1. The molecule has 27 heavy (non-hydrogen) atoms. The van der Waals surface area contributed by atoms with Crippen molar-refractivity contribution in [2.75, 3.05) is 39.8 Å². The minimum absolute atomic E-state index is 0. The molecule has 0 aromatic heterocycles. The summed E-state index contributed by atoms with van der Waals surface area (Å²) in [4.78, 5) is 7.42. The van der Waals surface area contributed by atoms with E-state index in [0.717, 1.165) is 37.8 Å². The lowest BCUT2D eigenvalue weighted by Gasteiger charge is -2.34. The van der Waals surface area contributed by atoms with Crippen molar-refractivity contribution in [3.8, 4) is 5.75 Å². The standard InChI is InChI=1S/C21H36N4O.HI/c1-5-22-21(23-13-12-19-10-6-7-11-20(19)26-4)24-15-18-9-8-14-25(16-18)17(2)3;/h6-7,10-11,17-18H,5,8-9,12-16H2,1-4H3,(H2,22,23,24);1H. The third-order valence-corrected chi connectivity index (χ3v) is 5.01. The molecule has 154 valence electrons. The fourth-order valence-electron chi connectivity index (χ4n) is 3.50. The average molecular weight is 488 g/mol. The van der Waals surface area contributed by atoms with Gasteiger partial charge in [-0.05, 0) is 64.1 Å². The zero-order valence-electron chi connectivity index (χ0n) is 17.3. The van der Waals surface area contributed by atoms with Gasteiger partial charge in [-0.2, -0.15) is 0 Å². The summed E-state index contributed by atoms with van der Waals surface area (Å²) in [6.07, 6.45) is 3.49. The Kier molecular flexibility index (Phi) is 11.7. The summed E-state index contributed by atoms with van der Waals surface area (Å²) in [6, 6.07) is 8.83.